The molecule has 0 atom stereocenters. The largest absolute Gasteiger partial charge is 0.496 e. The summed E-state index contributed by atoms with van der Waals surface area (Å²) in [6.45, 7) is 0.166. The normalized spacial score (nSPS) is 11.0. The summed E-state index contributed by atoms with van der Waals surface area (Å²) in [5.41, 5.74) is 3.83. The summed E-state index contributed by atoms with van der Waals surface area (Å²) < 4.78 is 11.8. The monoisotopic (exact) mass is 470 g/mol. The maximum Gasteiger partial charge on any atom is 0.306 e. The van der Waals surface area contributed by atoms with E-state index in [1.807, 2.05) is 48.0 Å². The minimum atomic E-state index is -0.232. The van der Waals surface area contributed by atoms with Gasteiger partial charge in [0.2, 0.25) is 0 Å². The number of carbonyl (C=O) groups excluding carboxylic acids is 1. The molecule has 0 amide bonds. The second-order valence-electron chi connectivity index (χ2n) is 6.51. The van der Waals surface area contributed by atoms with Crippen molar-refractivity contribution >= 4 is 44.1 Å². The lowest BCUT2D eigenvalue weighted by Crippen LogP contribution is -2.06. The molecule has 148 valence electrons. The van der Waals surface area contributed by atoms with Crippen molar-refractivity contribution in [1.29, 1.82) is 0 Å². The van der Waals surface area contributed by atoms with E-state index in [2.05, 4.69) is 32.0 Å². The van der Waals surface area contributed by atoms with Crippen molar-refractivity contribution in [2.75, 3.05) is 7.11 Å². The van der Waals surface area contributed by atoms with Gasteiger partial charge in [-0.05, 0) is 36.2 Å². The number of hydrogen-bond donors (Lipinski definition) is 1. The lowest BCUT2D eigenvalue weighted by Gasteiger charge is -2.06. The van der Waals surface area contributed by atoms with Gasteiger partial charge in [-0.1, -0.05) is 34.1 Å². The van der Waals surface area contributed by atoms with Crippen LogP contribution in [0.25, 0.3) is 21.5 Å². The topological polar surface area (TPSA) is 64.2 Å². The van der Waals surface area contributed by atoms with E-state index in [0.29, 0.717) is 12.8 Å². The molecule has 0 saturated heterocycles. The van der Waals surface area contributed by atoms with E-state index in [0.717, 1.165) is 43.0 Å². The third-order valence-corrected chi connectivity index (χ3v) is 6.02. The molecule has 4 aromatic rings. The van der Waals surface area contributed by atoms with Crippen LogP contribution in [0.1, 0.15) is 17.7 Å². The number of hydrogen-bond acceptors (Lipinski definition) is 5. The Morgan fingerprint density at radius 3 is 2.97 bits per heavy atom. The molecule has 5 nitrogen and oxygen atoms in total. The van der Waals surface area contributed by atoms with Crippen LogP contribution >= 0.6 is 27.3 Å². The van der Waals surface area contributed by atoms with Crippen LogP contribution in [0.4, 0.5) is 0 Å². The third-order valence-electron chi connectivity index (χ3n) is 4.60. The minimum Gasteiger partial charge on any atom is -0.496 e. The van der Waals surface area contributed by atoms with E-state index in [1.165, 1.54) is 11.3 Å². The average Bonchev–Trinajstić information content (AvgIpc) is 3.38. The molecule has 0 aliphatic rings. The molecule has 0 saturated carbocycles. The number of esters is 1. The predicted octanol–water partition coefficient (Wildman–Crippen LogP) is 5.74. The number of fused-ring (bicyclic) bond motifs is 1. The molecular formula is C22H19BrN2O3S. The molecule has 0 fully saturated rings. The van der Waals surface area contributed by atoms with Gasteiger partial charge in [0, 0.05) is 33.4 Å². The number of aryl methyl sites for hydroxylation is 1. The second kappa shape index (κ2) is 8.80. The van der Waals surface area contributed by atoms with E-state index < -0.39 is 0 Å². The number of aromatic amines is 1. The van der Waals surface area contributed by atoms with Crippen molar-refractivity contribution in [3.63, 3.8) is 0 Å². The molecule has 4 rings (SSSR count). The number of thiazole rings is 1. The summed E-state index contributed by atoms with van der Waals surface area (Å²) in [7, 11) is 1.64. The van der Waals surface area contributed by atoms with Gasteiger partial charge in [0.1, 0.15) is 17.4 Å². The van der Waals surface area contributed by atoms with E-state index in [1.54, 1.807) is 7.11 Å². The van der Waals surface area contributed by atoms with Crippen molar-refractivity contribution < 1.29 is 14.3 Å². The van der Waals surface area contributed by atoms with Crippen LogP contribution in [0.5, 0.6) is 5.75 Å². The zero-order valence-corrected chi connectivity index (χ0v) is 18.2. The molecule has 29 heavy (non-hydrogen) atoms. The summed E-state index contributed by atoms with van der Waals surface area (Å²) in [5.74, 6) is 0.523. The first-order valence-electron chi connectivity index (χ1n) is 9.13. The number of carbonyl (C=O) groups is 1. The maximum absolute atomic E-state index is 12.2. The zero-order valence-electron chi connectivity index (χ0n) is 15.8. The van der Waals surface area contributed by atoms with Gasteiger partial charge < -0.3 is 14.5 Å². The molecule has 0 radical (unpaired) electrons. The first kappa shape index (κ1) is 19.7. The van der Waals surface area contributed by atoms with Crippen molar-refractivity contribution in [3.05, 3.63) is 69.8 Å². The van der Waals surface area contributed by atoms with Gasteiger partial charge in [-0.3, -0.25) is 4.79 Å². The molecule has 0 bridgehead atoms. The van der Waals surface area contributed by atoms with E-state index in [9.17, 15) is 4.79 Å². The summed E-state index contributed by atoms with van der Waals surface area (Å²) in [4.78, 5) is 20.0. The van der Waals surface area contributed by atoms with Crippen molar-refractivity contribution in [3.8, 4) is 16.3 Å². The molecule has 0 spiro atoms. The molecule has 0 unspecified atom stereocenters. The number of methoxy groups -OCH3 is 1. The van der Waals surface area contributed by atoms with Crippen molar-refractivity contribution in [2.45, 2.75) is 19.4 Å². The van der Waals surface area contributed by atoms with Crippen LogP contribution in [-0.2, 0) is 22.6 Å². The minimum absolute atomic E-state index is 0.166. The number of H-pyrrole nitrogens is 1. The van der Waals surface area contributed by atoms with E-state index in [4.69, 9.17) is 9.47 Å². The van der Waals surface area contributed by atoms with Gasteiger partial charge in [0.25, 0.3) is 0 Å². The number of aromatic nitrogens is 2. The fourth-order valence-electron chi connectivity index (χ4n) is 3.15. The zero-order chi connectivity index (χ0) is 20.2. The van der Waals surface area contributed by atoms with Gasteiger partial charge >= 0.3 is 5.97 Å². The van der Waals surface area contributed by atoms with Gasteiger partial charge in [-0.15, -0.1) is 11.3 Å². The number of para-hydroxylation sites is 1. The van der Waals surface area contributed by atoms with Crippen LogP contribution in [0.15, 0.2) is 58.5 Å². The first-order valence-corrected chi connectivity index (χ1v) is 10.8. The Bertz CT molecular complexity index is 1150. The summed E-state index contributed by atoms with van der Waals surface area (Å²) in [6.07, 6.45) is 2.93. The number of nitrogens with zero attached hydrogens (tertiary/aromatic N) is 1. The maximum atomic E-state index is 12.2. The number of nitrogens with one attached hydrogen (secondary N) is 1. The lowest BCUT2D eigenvalue weighted by atomic mass is 10.1. The van der Waals surface area contributed by atoms with E-state index >= 15 is 0 Å². The summed E-state index contributed by atoms with van der Waals surface area (Å²) in [6, 6.07) is 13.9. The Morgan fingerprint density at radius 1 is 1.24 bits per heavy atom. The van der Waals surface area contributed by atoms with Gasteiger partial charge in [-0.25, -0.2) is 4.98 Å². The average molecular weight is 471 g/mol. The smallest absolute Gasteiger partial charge is 0.306 e. The van der Waals surface area contributed by atoms with Gasteiger partial charge in [0.05, 0.1) is 18.4 Å². The molecule has 0 aliphatic heterocycles. The Labute approximate surface area is 180 Å². The fraction of sp³-hybridized carbons (Fsp3) is 0.182. The van der Waals surface area contributed by atoms with E-state index in [-0.39, 0.29) is 12.6 Å². The van der Waals surface area contributed by atoms with Crippen molar-refractivity contribution in [2.24, 2.45) is 0 Å². The number of benzene rings is 2. The SMILES string of the molecule is COc1ccc(Br)cc1-c1nc(COC(=O)CCc2c[nH]c3ccccc23)cs1. The highest BCUT2D eigenvalue weighted by Crippen LogP contribution is 2.34. The molecule has 0 aliphatic carbocycles. The standard InChI is InChI=1S/C22H19BrN2O3S/c1-27-20-8-7-15(23)10-18(20)22-25-16(13-29-22)12-28-21(26)9-6-14-11-24-19-5-3-2-4-17(14)19/h2-5,7-8,10-11,13,24H,6,9,12H2,1H3. The quantitative estimate of drug-likeness (QED) is 0.349. The molecule has 7 heteroatoms. The van der Waals surface area contributed by atoms with Crippen LogP contribution in [-0.4, -0.2) is 23.0 Å². The van der Waals surface area contributed by atoms with Crippen LogP contribution in [0.3, 0.4) is 0 Å². The Morgan fingerprint density at radius 2 is 2.10 bits per heavy atom. The van der Waals surface area contributed by atoms with Gasteiger partial charge in [-0.2, -0.15) is 0 Å². The van der Waals surface area contributed by atoms with Crippen LogP contribution < -0.4 is 4.74 Å². The Balaban J connectivity index is 1.35. The Kier molecular flexibility index (Phi) is 5.97. The highest BCUT2D eigenvalue weighted by molar-refractivity contribution is 9.10. The fourth-order valence-corrected chi connectivity index (χ4v) is 4.33. The molecule has 1 N–H and O–H groups in total. The second-order valence-corrected chi connectivity index (χ2v) is 8.28. The molecule has 2 heterocycles. The lowest BCUT2D eigenvalue weighted by molar-refractivity contribution is -0.145. The predicted molar refractivity (Wildman–Crippen MR) is 118 cm³/mol. The Hall–Kier alpha value is -2.64. The molecule has 2 aromatic heterocycles. The molecular weight excluding hydrogens is 452 g/mol. The first-order chi connectivity index (χ1) is 14.1. The number of rotatable bonds is 7. The summed E-state index contributed by atoms with van der Waals surface area (Å²) in [5, 5.41) is 3.88. The third kappa shape index (κ3) is 4.52. The van der Waals surface area contributed by atoms with Crippen LogP contribution in [0, 0.1) is 0 Å². The van der Waals surface area contributed by atoms with Gasteiger partial charge in [0.15, 0.2) is 0 Å². The number of ether oxygens (including phenoxy) is 2. The summed E-state index contributed by atoms with van der Waals surface area (Å²) >= 11 is 4.98. The highest BCUT2D eigenvalue weighted by Gasteiger charge is 2.13. The number of halogens is 1. The van der Waals surface area contributed by atoms with Crippen LogP contribution in [0.2, 0.25) is 0 Å². The molecule has 2 aromatic carbocycles. The highest BCUT2D eigenvalue weighted by atomic mass is 79.9. The van der Waals surface area contributed by atoms with Crippen molar-refractivity contribution in [1.82, 2.24) is 9.97 Å².